The fraction of sp³-hybridized carbons (Fsp3) is 0.522. The maximum Gasteiger partial charge on any atom is 0.257 e. The van der Waals surface area contributed by atoms with Crippen molar-refractivity contribution in [3.8, 4) is 0 Å². The third kappa shape index (κ3) is 5.10. The van der Waals surface area contributed by atoms with Crippen molar-refractivity contribution in [2.45, 2.75) is 76.9 Å². The zero-order chi connectivity index (χ0) is 21.2. The number of rotatable bonds is 5. The zero-order valence-corrected chi connectivity index (χ0v) is 18.9. The Kier molecular flexibility index (Phi) is 6.52. The van der Waals surface area contributed by atoms with Gasteiger partial charge in [-0.1, -0.05) is 57.5 Å². The van der Waals surface area contributed by atoms with Crippen molar-refractivity contribution in [1.82, 2.24) is 14.9 Å². The Hall–Kier alpha value is -2.08. The summed E-state index contributed by atoms with van der Waals surface area (Å²) in [6.45, 7) is 10.5. The molecule has 1 saturated carbocycles. The Labute approximate surface area is 177 Å². The number of aryl methyl sites for hydroxylation is 1. The van der Waals surface area contributed by atoms with Crippen LogP contribution in [0.4, 0.5) is 0 Å². The minimum atomic E-state index is -0.359. The van der Waals surface area contributed by atoms with Crippen LogP contribution in [0.2, 0.25) is 0 Å². The molecule has 5 nitrogen and oxygen atoms in total. The Morgan fingerprint density at radius 3 is 2.34 bits per heavy atom. The average Bonchev–Trinajstić information content (AvgIpc) is 3.28. The lowest BCUT2D eigenvalue weighted by molar-refractivity contribution is -0.117. The number of amides is 2. The summed E-state index contributed by atoms with van der Waals surface area (Å²) in [6, 6.07) is 7.91. The number of imidazole rings is 1. The molecule has 0 aliphatic heterocycles. The average molecular weight is 414 g/mol. The van der Waals surface area contributed by atoms with Gasteiger partial charge in [0, 0.05) is 17.3 Å². The minimum absolute atomic E-state index is 0.0267. The Balaban J connectivity index is 1.60. The second kappa shape index (κ2) is 8.74. The number of imide groups is 1. The number of hydrogen-bond donors (Lipinski definition) is 1. The highest BCUT2D eigenvalue weighted by Crippen LogP contribution is 2.35. The fourth-order valence-electron chi connectivity index (χ4n) is 3.78. The molecular weight excluding hydrogens is 382 g/mol. The summed E-state index contributed by atoms with van der Waals surface area (Å²) in [4.78, 5) is 29.4. The molecule has 0 bridgehead atoms. The summed E-state index contributed by atoms with van der Waals surface area (Å²) in [7, 11) is 0. The van der Waals surface area contributed by atoms with Crippen LogP contribution in [-0.4, -0.2) is 27.1 Å². The first-order valence-corrected chi connectivity index (χ1v) is 11.3. The number of aromatic nitrogens is 2. The van der Waals surface area contributed by atoms with Crippen LogP contribution >= 0.6 is 11.8 Å². The summed E-state index contributed by atoms with van der Waals surface area (Å²) >= 11 is 1.41. The molecule has 2 amide bonds. The van der Waals surface area contributed by atoms with Gasteiger partial charge in [-0.15, -0.1) is 0 Å². The maximum absolute atomic E-state index is 12.4. The van der Waals surface area contributed by atoms with Crippen LogP contribution in [0, 0.1) is 13.8 Å². The van der Waals surface area contributed by atoms with E-state index in [1.165, 1.54) is 43.1 Å². The second-order valence-electron chi connectivity index (χ2n) is 8.87. The van der Waals surface area contributed by atoms with Crippen LogP contribution in [0.15, 0.2) is 29.4 Å². The number of carbonyl (C=O) groups excluding carboxylic acids is 2. The molecule has 0 unspecified atom stereocenters. The van der Waals surface area contributed by atoms with Gasteiger partial charge in [-0.05, 0) is 49.8 Å². The largest absolute Gasteiger partial charge is 0.320 e. The first kappa shape index (κ1) is 21.6. The van der Waals surface area contributed by atoms with Crippen molar-refractivity contribution >= 4 is 23.6 Å². The molecule has 0 spiro atoms. The van der Waals surface area contributed by atoms with E-state index in [0.29, 0.717) is 11.6 Å². The van der Waals surface area contributed by atoms with Gasteiger partial charge in [0.15, 0.2) is 5.16 Å². The first-order valence-electron chi connectivity index (χ1n) is 10.3. The lowest BCUT2D eigenvalue weighted by Gasteiger charge is -2.19. The van der Waals surface area contributed by atoms with Gasteiger partial charge in [-0.2, -0.15) is 0 Å². The highest BCUT2D eigenvalue weighted by Gasteiger charge is 2.24. The molecule has 29 heavy (non-hydrogen) atoms. The normalized spacial score (nSPS) is 14.9. The van der Waals surface area contributed by atoms with Gasteiger partial charge < -0.3 is 4.57 Å². The molecule has 0 saturated heterocycles. The zero-order valence-electron chi connectivity index (χ0n) is 18.0. The predicted molar refractivity (Wildman–Crippen MR) is 118 cm³/mol. The van der Waals surface area contributed by atoms with Crippen LogP contribution in [-0.2, 0) is 10.2 Å². The molecule has 1 aliphatic carbocycles. The van der Waals surface area contributed by atoms with E-state index in [9.17, 15) is 9.59 Å². The van der Waals surface area contributed by atoms with Gasteiger partial charge in [-0.3, -0.25) is 14.9 Å². The summed E-state index contributed by atoms with van der Waals surface area (Å²) < 4.78 is 2.29. The number of nitrogens with zero attached hydrogens (tertiary/aromatic N) is 2. The third-order valence-corrected chi connectivity index (χ3v) is 6.60. The number of hydrogen-bond acceptors (Lipinski definition) is 4. The van der Waals surface area contributed by atoms with E-state index < -0.39 is 0 Å². The van der Waals surface area contributed by atoms with E-state index in [1.54, 1.807) is 12.1 Å². The predicted octanol–water partition coefficient (Wildman–Crippen LogP) is 4.96. The molecular formula is C23H31N3O2S. The van der Waals surface area contributed by atoms with Gasteiger partial charge >= 0.3 is 0 Å². The Morgan fingerprint density at radius 2 is 1.76 bits per heavy atom. The Morgan fingerprint density at radius 1 is 1.14 bits per heavy atom. The van der Waals surface area contributed by atoms with Crippen molar-refractivity contribution in [3.05, 3.63) is 46.8 Å². The van der Waals surface area contributed by atoms with E-state index in [1.807, 2.05) is 19.1 Å². The Bertz CT molecular complexity index is 888. The van der Waals surface area contributed by atoms with Crippen molar-refractivity contribution in [1.29, 1.82) is 0 Å². The summed E-state index contributed by atoms with van der Waals surface area (Å²) in [6.07, 6.45) is 4.82. The molecule has 1 N–H and O–H groups in total. The van der Waals surface area contributed by atoms with E-state index >= 15 is 0 Å². The molecule has 1 aromatic heterocycles. The molecule has 1 aromatic carbocycles. The van der Waals surface area contributed by atoms with Crippen LogP contribution in [0.1, 0.15) is 79.8 Å². The monoisotopic (exact) mass is 413 g/mol. The van der Waals surface area contributed by atoms with Crippen molar-refractivity contribution < 1.29 is 9.59 Å². The smallest absolute Gasteiger partial charge is 0.257 e. The number of carbonyl (C=O) groups is 2. The third-order valence-electron chi connectivity index (χ3n) is 5.64. The lowest BCUT2D eigenvalue weighted by Crippen LogP contribution is -2.32. The van der Waals surface area contributed by atoms with E-state index in [4.69, 9.17) is 0 Å². The van der Waals surface area contributed by atoms with Crippen LogP contribution < -0.4 is 5.32 Å². The molecule has 1 heterocycles. The quantitative estimate of drug-likeness (QED) is 0.704. The second-order valence-corrected chi connectivity index (χ2v) is 9.81. The molecule has 0 radical (unpaired) electrons. The minimum Gasteiger partial charge on any atom is -0.320 e. The van der Waals surface area contributed by atoms with E-state index in [-0.39, 0.29) is 23.0 Å². The molecule has 1 fully saturated rings. The molecule has 0 atom stereocenters. The van der Waals surface area contributed by atoms with Gasteiger partial charge in [0.1, 0.15) is 0 Å². The standard InChI is InChI=1S/C23H31N3O2S/c1-15-16(2)26(19-8-6-7-9-19)22(24-15)29-14-20(27)25-21(28)17-10-12-18(13-11-17)23(3,4)5/h10-13,19H,6-9,14H2,1-5H3,(H,25,27,28). The fourth-order valence-corrected chi connectivity index (χ4v) is 4.74. The van der Waals surface area contributed by atoms with Crippen molar-refractivity contribution in [2.24, 2.45) is 0 Å². The lowest BCUT2D eigenvalue weighted by atomic mass is 9.87. The van der Waals surface area contributed by atoms with Gasteiger partial charge in [-0.25, -0.2) is 4.98 Å². The van der Waals surface area contributed by atoms with Crippen molar-refractivity contribution in [3.63, 3.8) is 0 Å². The van der Waals surface area contributed by atoms with E-state index in [2.05, 4.69) is 42.6 Å². The summed E-state index contributed by atoms with van der Waals surface area (Å²) in [5.74, 6) is -0.479. The first-order chi connectivity index (χ1) is 13.7. The molecule has 1 aliphatic rings. The molecule has 156 valence electrons. The summed E-state index contributed by atoms with van der Waals surface area (Å²) in [5, 5.41) is 3.38. The number of nitrogens with one attached hydrogen (secondary N) is 1. The van der Waals surface area contributed by atoms with Crippen LogP contribution in [0.25, 0.3) is 0 Å². The molecule has 2 aromatic rings. The number of benzene rings is 1. The topological polar surface area (TPSA) is 64.0 Å². The molecule has 6 heteroatoms. The van der Waals surface area contributed by atoms with E-state index in [0.717, 1.165) is 16.4 Å². The van der Waals surface area contributed by atoms with Gasteiger partial charge in [0.25, 0.3) is 5.91 Å². The van der Waals surface area contributed by atoms with Gasteiger partial charge in [0.2, 0.25) is 5.91 Å². The van der Waals surface area contributed by atoms with Crippen molar-refractivity contribution in [2.75, 3.05) is 5.75 Å². The highest BCUT2D eigenvalue weighted by molar-refractivity contribution is 7.99. The van der Waals surface area contributed by atoms with Gasteiger partial charge in [0.05, 0.1) is 11.4 Å². The summed E-state index contributed by atoms with van der Waals surface area (Å²) in [5.41, 5.74) is 3.86. The van der Waals surface area contributed by atoms with Crippen LogP contribution in [0.5, 0.6) is 0 Å². The molecule has 3 rings (SSSR count). The number of thioether (sulfide) groups is 1. The van der Waals surface area contributed by atoms with Crippen LogP contribution in [0.3, 0.4) is 0 Å². The SMILES string of the molecule is Cc1nc(SCC(=O)NC(=O)c2ccc(C(C)(C)C)cc2)n(C2CCCC2)c1C. The maximum atomic E-state index is 12.4. The highest BCUT2D eigenvalue weighted by atomic mass is 32.2.